The molecule has 0 bridgehead atoms. The molecule has 6 atom stereocenters. The van der Waals surface area contributed by atoms with Gasteiger partial charge in [-0.05, 0) is 68.6 Å². The maximum absolute atomic E-state index is 5.68. The Balaban J connectivity index is 1.28. The van der Waals surface area contributed by atoms with Crippen LogP contribution in [-0.4, -0.2) is 24.4 Å². The molecule has 2 saturated carbocycles. The summed E-state index contributed by atoms with van der Waals surface area (Å²) in [5.74, 6) is 1.85. The molecule has 6 unspecified atom stereocenters. The minimum absolute atomic E-state index is 0.513. The summed E-state index contributed by atoms with van der Waals surface area (Å²) in [6.07, 6.45) is 13.6. The Kier molecular flexibility index (Phi) is 2.97. The number of hydrogen-bond acceptors (Lipinski definition) is 2. The first-order valence-corrected chi connectivity index (χ1v) is 8.40. The molecule has 0 aromatic carbocycles. The Bertz CT molecular complexity index is 319. The van der Waals surface area contributed by atoms with E-state index < -0.39 is 0 Å². The maximum Gasteiger partial charge on any atom is 0.0844 e. The Morgan fingerprint density at radius 1 is 0.737 bits per heavy atom. The van der Waals surface area contributed by atoms with Gasteiger partial charge in [0.1, 0.15) is 0 Å². The van der Waals surface area contributed by atoms with Crippen LogP contribution in [0.1, 0.15) is 65.2 Å². The van der Waals surface area contributed by atoms with Crippen molar-refractivity contribution in [3.8, 4) is 0 Å². The van der Waals surface area contributed by atoms with Gasteiger partial charge in [0.25, 0.3) is 0 Å². The van der Waals surface area contributed by atoms with E-state index in [1.54, 1.807) is 0 Å². The number of rotatable bonds is 4. The van der Waals surface area contributed by atoms with Crippen LogP contribution < -0.4 is 0 Å². The van der Waals surface area contributed by atoms with Crippen LogP contribution in [0.2, 0.25) is 0 Å². The molecule has 19 heavy (non-hydrogen) atoms. The number of ether oxygens (including phenoxy) is 2. The van der Waals surface area contributed by atoms with Crippen LogP contribution >= 0.6 is 0 Å². The highest BCUT2D eigenvalue weighted by Gasteiger charge is 2.46. The molecule has 0 aromatic rings. The van der Waals surface area contributed by atoms with Crippen molar-refractivity contribution in [2.24, 2.45) is 17.3 Å². The van der Waals surface area contributed by atoms with Crippen LogP contribution in [0.25, 0.3) is 0 Å². The summed E-state index contributed by atoms with van der Waals surface area (Å²) in [5, 5.41) is 0. The van der Waals surface area contributed by atoms with E-state index in [0.717, 1.165) is 11.8 Å². The van der Waals surface area contributed by atoms with Crippen molar-refractivity contribution in [3.63, 3.8) is 0 Å². The summed E-state index contributed by atoms with van der Waals surface area (Å²) in [6, 6.07) is 0. The molecule has 2 aliphatic carbocycles. The molecule has 0 radical (unpaired) electrons. The van der Waals surface area contributed by atoms with Gasteiger partial charge in [-0.15, -0.1) is 0 Å². The molecule has 4 fully saturated rings. The zero-order valence-electron chi connectivity index (χ0n) is 12.4. The van der Waals surface area contributed by atoms with Gasteiger partial charge in [0.15, 0.2) is 0 Å². The van der Waals surface area contributed by atoms with Crippen LogP contribution in [0, 0.1) is 17.3 Å². The highest BCUT2D eigenvalue weighted by atomic mass is 16.6. The summed E-state index contributed by atoms with van der Waals surface area (Å²) in [5.41, 5.74) is 0.513. The Morgan fingerprint density at radius 2 is 1.21 bits per heavy atom. The lowest BCUT2D eigenvalue weighted by atomic mass is 9.70. The van der Waals surface area contributed by atoms with Crippen LogP contribution in [-0.2, 0) is 9.47 Å². The summed E-state index contributed by atoms with van der Waals surface area (Å²) in [6.45, 7) is 4.99. The van der Waals surface area contributed by atoms with E-state index in [2.05, 4.69) is 13.8 Å². The molecule has 108 valence electrons. The number of fused-ring (bicyclic) bond motifs is 2. The molecule has 2 saturated heterocycles. The van der Waals surface area contributed by atoms with Crippen LogP contribution in [0.5, 0.6) is 0 Å². The third-order valence-electron chi connectivity index (χ3n) is 5.91. The SMILES string of the molecule is CC(C)(CC1CCC2OC2C1)CC1CCC2OC2C1. The molecule has 0 amide bonds. The van der Waals surface area contributed by atoms with Gasteiger partial charge >= 0.3 is 0 Å². The predicted octanol–water partition coefficient (Wildman–Crippen LogP) is 3.93. The van der Waals surface area contributed by atoms with Crippen molar-refractivity contribution >= 4 is 0 Å². The fourth-order valence-corrected chi connectivity index (χ4v) is 4.99. The molecule has 2 heteroatoms. The normalized spacial score (nSPS) is 48.3. The molecule has 0 spiro atoms. The lowest BCUT2D eigenvalue weighted by Crippen LogP contribution is -2.26. The average Bonchev–Trinajstić information content (AvgIpc) is 3.20. The van der Waals surface area contributed by atoms with Crippen molar-refractivity contribution in [2.45, 2.75) is 89.6 Å². The highest BCUT2D eigenvalue weighted by Crippen LogP contribution is 2.48. The topological polar surface area (TPSA) is 25.1 Å². The Hall–Kier alpha value is -0.0800. The van der Waals surface area contributed by atoms with Crippen LogP contribution in [0.3, 0.4) is 0 Å². The van der Waals surface area contributed by atoms with Gasteiger partial charge in [-0.25, -0.2) is 0 Å². The second-order valence-corrected chi connectivity index (χ2v) is 8.36. The monoisotopic (exact) mass is 264 g/mol. The second-order valence-electron chi connectivity index (χ2n) is 8.36. The van der Waals surface area contributed by atoms with E-state index in [0.29, 0.717) is 29.8 Å². The van der Waals surface area contributed by atoms with E-state index in [1.165, 1.54) is 51.4 Å². The van der Waals surface area contributed by atoms with E-state index in [1.807, 2.05) is 0 Å². The lowest BCUT2D eigenvalue weighted by molar-refractivity contribution is 0.171. The largest absolute Gasteiger partial charge is 0.370 e. The molecule has 2 aliphatic heterocycles. The van der Waals surface area contributed by atoms with Gasteiger partial charge in [0, 0.05) is 0 Å². The number of hydrogen-bond donors (Lipinski definition) is 0. The zero-order valence-corrected chi connectivity index (χ0v) is 12.4. The highest BCUT2D eigenvalue weighted by molar-refractivity contribution is 4.95. The molecule has 2 heterocycles. The van der Waals surface area contributed by atoms with Gasteiger partial charge in [-0.2, -0.15) is 0 Å². The zero-order chi connectivity index (χ0) is 13.0. The fourth-order valence-electron chi connectivity index (χ4n) is 4.99. The molecular weight excluding hydrogens is 236 g/mol. The molecule has 4 rings (SSSR count). The van der Waals surface area contributed by atoms with E-state index >= 15 is 0 Å². The summed E-state index contributed by atoms with van der Waals surface area (Å²) >= 11 is 0. The molecule has 0 N–H and O–H groups in total. The third-order valence-corrected chi connectivity index (χ3v) is 5.91. The minimum atomic E-state index is 0.513. The van der Waals surface area contributed by atoms with Crippen LogP contribution in [0.15, 0.2) is 0 Å². The Morgan fingerprint density at radius 3 is 1.63 bits per heavy atom. The maximum atomic E-state index is 5.68. The van der Waals surface area contributed by atoms with Crippen molar-refractivity contribution in [2.75, 3.05) is 0 Å². The fraction of sp³-hybridized carbons (Fsp3) is 1.00. The van der Waals surface area contributed by atoms with Gasteiger partial charge in [0.2, 0.25) is 0 Å². The first-order valence-electron chi connectivity index (χ1n) is 8.40. The number of epoxide rings is 2. The van der Waals surface area contributed by atoms with Crippen molar-refractivity contribution in [1.82, 2.24) is 0 Å². The molecule has 4 aliphatic rings. The molecule has 2 nitrogen and oxygen atoms in total. The van der Waals surface area contributed by atoms with Crippen molar-refractivity contribution in [3.05, 3.63) is 0 Å². The van der Waals surface area contributed by atoms with Gasteiger partial charge < -0.3 is 9.47 Å². The Labute approximate surface area is 117 Å². The van der Waals surface area contributed by atoms with Gasteiger partial charge in [0.05, 0.1) is 24.4 Å². The van der Waals surface area contributed by atoms with Crippen molar-refractivity contribution in [1.29, 1.82) is 0 Å². The molecule has 0 aromatic heterocycles. The van der Waals surface area contributed by atoms with Gasteiger partial charge in [-0.3, -0.25) is 0 Å². The second kappa shape index (κ2) is 4.46. The van der Waals surface area contributed by atoms with E-state index in [9.17, 15) is 0 Å². The summed E-state index contributed by atoms with van der Waals surface area (Å²) in [4.78, 5) is 0. The molecular formula is C17H28O2. The first-order chi connectivity index (χ1) is 9.09. The third kappa shape index (κ3) is 2.85. The van der Waals surface area contributed by atoms with Crippen molar-refractivity contribution < 1.29 is 9.47 Å². The minimum Gasteiger partial charge on any atom is -0.370 e. The summed E-state index contributed by atoms with van der Waals surface area (Å²) < 4.78 is 11.4. The van der Waals surface area contributed by atoms with E-state index in [-0.39, 0.29) is 0 Å². The average molecular weight is 264 g/mol. The van der Waals surface area contributed by atoms with Crippen LogP contribution in [0.4, 0.5) is 0 Å². The quantitative estimate of drug-likeness (QED) is 0.719. The summed E-state index contributed by atoms with van der Waals surface area (Å²) in [7, 11) is 0. The standard InChI is InChI=1S/C17H28O2/c1-17(2,9-11-3-5-13-15(7-11)18-13)10-12-4-6-14-16(8-12)19-14/h11-16H,3-10H2,1-2H3. The first kappa shape index (κ1) is 12.6. The van der Waals surface area contributed by atoms with Gasteiger partial charge in [-0.1, -0.05) is 13.8 Å². The lowest BCUT2D eigenvalue weighted by Gasteiger charge is -2.34. The smallest absolute Gasteiger partial charge is 0.0844 e. The predicted molar refractivity (Wildman–Crippen MR) is 75.0 cm³/mol. The van der Waals surface area contributed by atoms with E-state index in [4.69, 9.17) is 9.47 Å².